The molecule has 2 fully saturated rings. The Hall–Kier alpha value is -0.0800. The summed E-state index contributed by atoms with van der Waals surface area (Å²) in [6.07, 6.45) is 1.57. The number of hydrogen-bond acceptors (Lipinski definition) is 2. The van der Waals surface area contributed by atoms with Crippen LogP contribution in [0.15, 0.2) is 0 Å². The van der Waals surface area contributed by atoms with E-state index in [4.69, 9.17) is 0 Å². The van der Waals surface area contributed by atoms with Gasteiger partial charge in [-0.15, -0.1) is 0 Å². The van der Waals surface area contributed by atoms with Crippen LogP contribution in [0.4, 0.5) is 0 Å². The van der Waals surface area contributed by atoms with Crippen LogP contribution >= 0.6 is 0 Å². The zero-order valence-corrected chi connectivity index (χ0v) is 6.46. The van der Waals surface area contributed by atoms with Gasteiger partial charge < -0.3 is 10.2 Å². The molecule has 0 aromatic heterocycles. The van der Waals surface area contributed by atoms with Crippen molar-refractivity contribution in [2.24, 2.45) is 11.8 Å². The molecule has 0 amide bonds. The Kier molecular flexibility index (Phi) is 0.933. The molecular weight excluding hydrogens is 128 g/mol. The highest BCUT2D eigenvalue weighted by Gasteiger charge is 2.72. The van der Waals surface area contributed by atoms with E-state index in [1.165, 1.54) is 0 Å². The minimum atomic E-state index is -0.716. The van der Waals surface area contributed by atoms with Crippen molar-refractivity contribution in [1.82, 2.24) is 0 Å². The third kappa shape index (κ3) is 0.523. The molecule has 0 radical (unpaired) electrons. The molecule has 0 bridgehead atoms. The quantitative estimate of drug-likeness (QED) is 0.560. The molecule has 0 saturated heterocycles. The van der Waals surface area contributed by atoms with Crippen LogP contribution in [0.2, 0.25) is 0 Å². The molecule has 4 unspecified atom stereocenters. The van der Waals surface area contributed by atoms with Gasteiger partial charge >= 0.3 is 0 Å². The molecule has 2 heteroatoms. The van der Waals surface area contributed by atoms with E-state index in [2.05, 4.69) is 0 Å². The summed E-state index contributed by atoms with van der Waals surface area (Å²) >= 11 is 0. The summed E-state index contributed by atoms with van der Waals surface area (Å²) in [4.78, 5) is 0. The molecule has 0 aromatic carbocycles. The number of aliphatic hydroxyl groups is 2. The van der Waals surface area contributed by atoms with Crippen molar-refractivity contribution in [3.63, 3.8) is 0 Å². The molecule has 2 N–H and O–H groups in total. The predicted molar refractivity (Wildman–Crippen MR) is 37.5 cm³/mol. The molecular formula is C8H14O2. The largest absolute Gasteiger partial charge is 0.387 e. The monoisotopic (exact) mass is 142 g/mol. The highest BCUT2D eigenvalue weighted by Crippen LogP contribution is 2.63. The van der Waals surface area contributed by atoms with Gasteiger partial charge in [0, 0.05) is 0 Å². The van der Waals surface area contributed by atoms with Crippen molar-refractivity contribution in [1.29, 1.82) is 0 Å². The normalized spacial score (nSPS) is 66.0. The second kappa shape index (κ2) is 1.41. The van der Waals surface area contributed by atoms with Crippen LogP contribution < -0.4 is 0 Å². The van der Waals surface area contributed by atoms with Crippen LogP contribution in [-0.4, -0.2) is 21.4 Å². The van der Waals surface area contributed by atoms with E-state index >= 15 is 0 Å². The second-order valence-electron chi connectivity index (χ2n) is 4.06. The molecule has 2 saturated carbocycles. The van der Waals surface area contributed by atoms with Crippen molar-refractivity contribution >= 4 is 0 Å². The Morgan fingerprint density at radius 3 is 1.30 bits per heavy atom. The lowest BCUT2D eigenvalue weighted by molar-refractivity contribution is -0.0386. The molecule has 0 aliphatic heterocycles. The van der Waals surface area contributed by atoms with Gasteiger partial charge in [0.25, 0.3) is 0 Å². The van der Waals surface area contributed by atoms with Gasteiger partial charge in [0.05, 0.1) is 11.2 Å². The average molecular weight is 142 g/mol. The molecule has 0 spiro atoms. The molecule has 2 rings (SSSR count). The average Bonchev–Trinajstić information content (AvgIpc) is 2.58. The smallest absolute Gasteiger partial charge is 0.0966 e. The van der Waals surface area contributed by atoms with Crippen molar-refractivity contribution in [2.75, 3.05) is 0 Å². The first kappa shape index (κ1) is 6.62. The summed E-state index contributed by atoms with van der Waals surface area (Å²) in [7, 11) is 0. The van der Waals surface area contributed by atoms with Crippen LogP contribution in [0.5, 0.6) is 0 Å². The van der Waals surface area contributed by atoms with Gasteiger partial charge in [-0.2, -0.15) is 0 Å². The van der Waals surface area contributed by atoms with Gasteiger partial charge in [0.15, 0.2) is 0 Å². The fourth-order valence-electron chi connectivity index (χ4n) is 2.02. The Bertz CT molecular complexity index is 160. The maximum atomic E-state index is 9.72. The molecule has 2 nitrogen and oxygen atoms in total. The standard InChI is InChI=1S/C8H14O2/c1-5-3-7(5,9)8(10)4-6(8)2/h5-6,9-10H,3-4H2,1-2H3. The maximum absolute atomic E-state index is 9.72. The van der Waals surface area contributed by atoms with E-state index in [1.807, 2.05) is 13.8 Å². The first-order chi connectivity index (χ1) is 4.51. The lowest BCUT2D eigenvalue weighted by Crippen LogP contribution is -2.33. The Balaban J connectivity index is 2.14. The van der Waals surface area contributed by atoms with Crippen LogP contribution in [0, 0.1) is 11.8 Å². The third-order valence-corrected chi connectivity index (χ3v) is 3.29. The second-order valence-corrected chi connectivity index (χ2v) is 4.06. The maximum Gasteiger partial charge on any atom is 0.0966 e. The number of hydrogen-bond donors (Lipinski definition) is 2. The fourth-order valence-corrected chi connectivity index (χ4v) is 2.02. The fraction of sp³-hybridized carbons (Fsp3) is 1.00. The zero-order valence-electron chi connectivity index (χ0n) is 6.46. The molecule has 2 aliphatic carbocycles. The van der Waals surface area contributed by atoms with Crippen molar-refractivity contribution < 1.29 is 10.2 Å². The predicted octanol–water partition coefficient (Wildman–Crippen LogP) is 0.528. The lowest BCUT2D eigenvalue weighted by atomic mass is 10.1. The summed E-state index contributed by atoms with van der Waals surface area (Å²) in [6.45, 7) is 3.98. The van der Waals surface area contributed by atoms with E-state index in [-0.39, 0.29) is 0 Å². The van der Waals surface area contributed by atoms with Gasteiger partial charge in [-0.25, -0.2) is 0 Å². The molecule has 58 valence electrons. The summed E-state index contributed by atoms with van der Waals surface area (Å²) in [6, 6.07) is 0. The summed E-state index contributed by atoms with van der Waals surface area (Å²) < 4.78 is 0. The van der Waals surface area contributed by atoms with E-state index in [9.17, 15) is 10.2 Å². The highest BCUT2D eigenvalue weighted by atomic mass is 16.4. The summed E-state index contributed by atoms with van der Waals surface area (Å²) in [5.74, 6) is 0.616. The van der Waals surface area contributed by atoms with Gasteiger partial charge in [-0.1, -0.05) is 13.8 Å². The highest BCUT2D eigenvalue weighted by molar-refractivity contribution is 5.23. The molecule has 0 heterocycles. The zero-order chi connectivity index (χ0) is 7.57. The van der Waals surface area contributed by atoms with E-state index in [0.717, 1.165) is 12.8 Å². The van der Waals surface area contributed by atoms with Crippen molar-refractivity contribution in [3.8, 4) is 0 Å². The number of rotatable bonds is 1. The van der Waals surface area contributed by atoms with Crippen LogP contribution in [0.3, 0.4) is 0 Å². The summed E-state index contributed by atoms with van der Waals surface area (Å²) in [5, 5.41) is 19.4. The van der Waals surface area contributed by atoms with Gasteiger partial charge in [-0.05, 0) is 24.7 Å². The van der Waals surface area contributed by atoms with Gasteiger partial charge in [0.1, 0.15) is 0 Å². The lowest BCUT2D eigenvalue weighted by Gasteiger charge is -2.16. The molecule has 2 aliphatic rings. The molecule has 4 atom stereocenters. The van der Waals surface area contributed by atoms with Crippen molar-refractivity contribution in [2.45, 2.75) is 37.9 Å². The first-order valence-electron chi connectivity index (χ1n) is 3.95. The third-order valence-electron chi connectivity index (χ3n) is 3.29. The molecule has 10 heavy (non-hydrogen) atoms. The minimum Gasteiger partial charge on any atom is -0.387 e. The van der Waals surface area contributed by atoms with Crippen LogP contribution in [0.1, 0.15) is 26.7 Å². The van der Waals surface area contributed by atoms with E-state index < -0.39 is 11.2 Å². The SMILES string of the molecule is CC1CC1(O)C1(O)CC1C. The van der Waals surface area contributed by atoms with Gasteiger partial charge in [-0.3, -0.25) is 0 Å². The van der Waals surface area contributed by atoms with Crippen LogP contribution in [0.25, 0.3) is 0 Å². The summed E-state index contributed by atoms with van der Waals surface area (Å²) in [5.41, 5.74) is -1.43. The van der Waals surface area contributed by atoms with Crippen LogP contribution in [-0.2, 0) is 0 Å². The van der Waals surface area contributed by atoms with Crippen molar-refractivity contribution in [3.05, 3.63) is 0 Å². The topological polar surface area (TPSA) is 40.5 Å². The van der Waals surface area contributed by atoms with E-state index in [1.54, 1.807) is 0 Å². The van der Waals surface area contributed by atoms with E-state index in [0.29, 0.717) is 11.8 Å². The minimum absolute atomic E-state index is 0.308. The van der Waals surface area contributed by atoms with Gasteiger partial charge in [0.2, 0.25) is 0 Å². The first-order valence-corrected chi connectivity index (χ1v) is 3.95. The Morgan fingerprint density at radius 1 is 1.00 bits per heavy atom. The Labute approximate surface area is 60.9 Å². The Morgan fingerprint density at radius 2 is 1.20 bits per heavy atom. The molecule has 0 aromatic rings.